The summed E-state index contributed by atoms with van der Waals surface area (Å²) in [4.78, 5) is 48.0. The highest BCUT2D eigenvalue weighted by molar-refractivity contribution is 5.82. The monoisotopic (exact) mass is 498 g/mol. The fourth-order valence-electron chi connectivity index (χ4n) is 3.24. The number of aryl methyl sites for hydroxylation is 1. The summed E-state index contributed by atoms with van der Waals surface area (Å²) in [6.07, 6.45) is 0.740. The molecule has 11 heteroatoms. The summed E-state index contributed by atoms with van der Waals surface area (Å²) >= 11 is 0. The number of halogens is 1. The van der Waals surface area contributed by atoms with E-state index < -0.39 is 23.5 Å². The Morgan fingerprint density at radius 2 is 1.94 bits per heavy atom. The zero-order valence-corrected chi connectivity index (χ0v) is 21.5. The molecule has 0 atom stereocenters. The number of hydrazine groups is 1. The zero-order chi connectivity index (χ0) is 27.0. The van der Waals surface area contributed by atoms with Crippen molar-refractivity contribution >= 4 is 29.3 Å². The van der Waals surface area contributed by atoms with Crippen molar-refractivity contribution in [1.82, 2.24) is 30.2 Å². The van der Waals surface area contributed by atoms with Crippen LogP contribution in [0.4, 0.5) is 14.0 Å². The number of benzene rings is 1. The Labute approximate surface area is 210 Å². The second kappa shape index (κ2) is 12.0. The normalized spacial score (nSPS) is 11.3. The average molecular weight is 499 g/mol. The number of urea groups is 1. The highest BCUT2D eigenvalue weighted by atomic mass is 19.1. The van der Waals surface area contributed by atoms with Crippen LogP contribution in [-0.2, 0) is 16.1 Å². The van der Waals surface area contributed by atoms with Gasteiger partial charge in [0, 0.05) is 20.2 Å². The second-order valence-electron chi connectivity index (χ2n) is 8.71. The molecule has 10 nitrogen and oxygen atoms in total. The van der Waals surface area contributed by atoms with Gasteiger partial charge in [0.15, 0.2) is 0 Å². The van der Waals surface area contributed by atoms with Crippen molar-refractivity contribution in [2.24, 2.45) is 0 Å². The van der Waals surface area contributed by atoms with Gasteiger partial charge >= 0.3 is 12.1 Å². The summed E-state index contributed by atoms with van der Waals surface area (Å²) in [5.41, 5.74) is -0.0214. The fourth-order valence-corrected chi connectivity index (χ4v) is 3.24. The van der Waals surface area contributed by atoms with Crippen molar-refractivity contribution in [2.45, 2.75) is 46.8 Å². The molecule has 0 fully saturated rings. The number of carbonyl (C=O) groups excluding carboxylic acids is 3. The van der Waals surface area contributed by atoms with Gasteiger partial charge in [-0.05, 0) is 46.8 Å². The number of allylic oxidation sites excluding steroid dienone is 1. The van der Waals surface area contributed by atoms with E-state index in [0.717, 1.165) is 16.1 Å². The first kappa shape index (κ1) is 28.0. The van der Waals surface area contributed by atoms with Crippen molar-refractivity contribution in [3.63, 3.8) is 0 Å². The highest BCUT2D eigenvalue weighted by Crippen LogP contribution is 2.20. The third-order valence-corrected chi connectivity index (χ3v) is 4.75. The van der Waals surface area contributed by atoms with E-state index in [4.69, 9.17) is 4.74 Å². The Hall–Kier alpha value is -4.20. The minimum Gasteiger partial charge on any atom is -0.442 e. The van der Waals surface area contributed by atoms with E-state index in [1.165, 1.54) is 25.1 Å². The minimum absolute atomic E-state index is 0.0169. The summed E-state index contributed by atoms with van der Waals surface area (Å²) in [6.45, 7) is 8.06. The van der Waals surface area contributed by atoms with Gasteiger partial charge in [0.1, 0.15) is 35.9 Å². The van der Waals surface area contributed by atoms with Crippen LogP contribution in [0.5, 0.6) is 0 Å². The first-order chi connectivity index (χ1) is 16.9. The molecule has 192 valence electrons. The van der Waals surface area contributed by atoms with E-state index in [2.05, 4.69) is 27.1 Å². The molecule has 0 unspecified atom stereocenters. The molecule has 36 heavy (non-hydrogen) atoms. The molecular weight excluding hydrogens is 467 g/mol. The third-order valence-electron chi connectivity index (χ3n) is 4.75. The summed E-state index contributed by atoms with van der Waals surface area (Å²) < 4.78 is 19.7. The van der Waals surface area contributed by atoms with Crippen LogP contribution in [0.15, 0.2) is 30.1 Å². The Morgan fingerprint density at radius 3 is 2.53 bits per heavy atom. The van der Waals surface area contributed by atoms with Crippen LogP contribution < -0.4 is 5.32 Å². The van der Waals surface area contributed by atoms with E-state index in [-0.39, 0.29) is 24.7 Å². The van der Waals surface area contributed by atoms with E-state index in [1.54, 1.807) is 46.8 Å². The smallest absolute Gasteiger partial charge is 0.430 e. The highest BCUT2D eigenvalue weighted by Gasteiger charge is 2.34. The van der Waals surface area contributed by atoms with Gasteiger partial charge in [0.2, 0.25) is 0 Å². The molecule has 0 saturated heterocycles. The molecule has 0 aliphatic rings. The molecule has 0 bridgehead atoms. The average Bonchev–Trinajstić information content (AvgIpc) is 2.78. The van der Waals surface area contributed by atoms with Crippen LogP contribution in [-0.4, -0.2) is 69.5 Å². The lowest BCUT2D eigenvalue weighted by atomic mass is 10.2. The standard InChI is InChI=1S/C25H31FN6O4/c1-8-9-14-31(24(35)36-25(3,4)5)32(21(27-6)13-15-33)23(34)30(7)16-20-28-17(2)22-18(26)11-10-12-19(22)29-20/h10-13,15,27H,14,16H2,1-7H3/b21-13-. The first-order valence-electron chi connectivity index (χ1n) is 11.1. The topological polar surface area (TPSA) is 108 Å². The largest absolute Gasteiger partial charge is 0.442 e. The lowest BCUT2D eigenvalue weighted by Crippen LogP contribution is -2.56. The van der Waals surface area contributed by atoms with Crippen molar-refractivity contribution in [3.05, 3.63) is 47.4 Å². The van der Waals surface area contributed by atoms with E-state index in [0.29, 0.717) is 22.9 Å². The molecular formula is C25H31FN6O4. The number of carbonyl (C=O) groups is 3. The number of amides is 3. The molecule has 3 amide bonds. The van der Waals surface area contributed by atoms with Gasteiger partial charge in [-0.1, -0.05) is 12.0 Å². The van der Waals surface area contributed by atoms with Gasteiger partial charge in [-0.15, -0.1) is 5.92 Å². The van der Waals surface area contributed by atoms with E-state index in [9.17, 15) is 18.8 Å². The predicted molar refractivity (Wildman–Crippen MR) is 133 cm³/mol. The Bertz CT molecular complexity index is 1230. The Balaban J connectivity index is 2.49. The van der Waals surface area contributed by atoms with Gasteiger partial charge in [-0.3, -0.25) is 4.79 Å². The maximum atomic E-state index is 14.2. The minimum atomic E-state index is -0.852. The zero-order valence-electron chi connectivity index (χ0n) is 21.5. The summed E-state index contributed by atoms with van der Waals surface area (Å²) in [7, 11) is 2.98. The predicted octanol–water partition coefficient (Wildman–Crippen LogP) is 3.37. The van der Waals surface area contributed by atoms with Crippen molar-refractivity contribution in [1.29, 1.82) is 0 Å². The Kier molecular flexibility index (Phi) is 9.32. The van der Waals surface area contributed by atoms with Gasteiger partial charge in [0.05, 0.1) is 23.1 Å². The molecule has 1 aromatic carbocycles. The third kappa shape index (κ3) is 6.91. The van der Waals surface area contributed by atoms with E-state index >= 15 is 0 Å². The molecule has 2 rings (SSSR count). The van der Waals surface area contributed by atoms with Gasteiger partial charge < -0.3 is 15.0 Å². The number of rotatable bonds is 6. The number of aldehydes is 1. The SMILES string of the molecule is CC#CCN(C(=O)OC(C)(C)C)N(C(=O)N(C)Cc1nc(C)c2c(F)cccc2n1)/C(=C\C=O)NC. The molecule has 0 spiro atoms. The Morgan fingerprint density at radius 1 is 1.25 bits per heavy atom. The van der Waals surface area contributed by atoms with Crippen LogP contribution in [0, 0.1) is 24.6 Å². The summed E-state index contributed by atoms with van der Waals surface area (Å²) in [6, 6.07) is 3.84. The van der Waals surface area contributed by atoms with Crippen LogP contribution in [0.2, 0.25) is 0 Å². The van der Waals surface area contributed by atoms with Gasteiger partial charge in [-0.2, -0.15) is 10.0 Å². The lowest BCUT2D eigenvalue weighted by molar-refractivity contribution is -0.104. The van der Waals surface area contributed by atoms with Crippen LogP contribution >= 0.6 is 0 Å². The lowest BCUT2D eigenvalue weighted by Gasteiger charge is -2.37. The second-order valence-corrected chi connectivity index (χ2v) is 8.71. The number of hydrogen-bond donors (Lipinski definition) is 1. The number of aromatic nitrogens is 2. The van der Waals surface area contributed by atoms with Crippen molar-refractivity contribution in [3.8, 4) is 11.8 Å². The quantitative estimate of drug-likeness (QED) is 0.282. The number of ether oxygens (including phenoxy) is 1. The fraction of sp³-hybridized carbons (Fsp3) is 0.400. The number of fused-ring (bicyclic) bond motifs is 1. The van der Waals surface area contributed by atoms with Crippen molar-refractivity contribution in [2.75, 3.05) is 20.6 Å². The van der Waals surface area contributed by atoms with Crippen LogP contribution in [0.1, 0.15) is 39.2 Å². The number of hydrogen-bond acceptors (Lipinski definition) is 7. The number of nitrogens with zero attached hydrogens (tertiary/aromatic N) is 5. The summed E-state index contributed by atoms with van der Waals surface area (Å²) in [5, 5.41) is 5.02. The molecule has 1 aromatic heterocycles. The molecule has 1 heterocycles. The summed E-state index contributed by atoms with van der Waals surface area (Å²) in [5.74, 6) is 5.29. The van der Waals surface area contributed by atoms with Crippen LogP contribution in [0.3, 0.4) is 0 Å². The van der Waals surface area contributed by atoms with Crippen molar-refractivity contribution < 1.29 is 23.5 Å². The maximum Gasteiger partial charge on any atom is 0.430 e. The first-order valence-corrected chi connectivity index (χ1v) is 11.1. The van der Waals surface area contributed by atoms with Gasteiger partial charge in [-0.25, -0.2) is 23.9 Å². The molecule has 2 aromatic rings. The number of nitrogens with one attached hydrogen (secondary N) is 1. The maximum absolute atomic E-state index is 14.2. The van der Waals surface area contributed by atoms with Gasteiger partial charge in [0.25, 0.3) is 0 Å². The van der Waals surface area contributed by atoms with Crippen LogP contribution in [0.25, 0.3) is 10.9 Å². The van der Waals surface area contributed by atoms with E-state index in [1.807, 2.05) is 0 Å². The molecule has 0 saturated carbocycles. The molecule has 0 aliphatic heterocycles. The molecule has 0 radical (unpaired) electrons. The molecule has 0 aliphatic carbocycles. The molecule has 1 N–H and O–H groups in total.